The summed E-state index contributed by atoms with van der Waals surface area (Å²) in [5.74, 6) is -0.729. The summed E-state index contributed by atoms with van der Waals surface area (Å²) in [4.78, 5) is 14.1. The fraction of sp³-hybridized carbons (Fsp3) is 0.412. The summed E-state index contributed by atoms with van der Waals surface area (Å²) in [5, 5.41) is 6.76. The molecule has 0 aliphatic carbocycles. The number of anilines is 1. The number of carbonyl (C=O) groups excluding carboxylic acids is 1. The highest BCUT2D eigenvalue weighted by molar-refractivity contribution is 7.89. The number of esters is 1. The summed E-state index contributed by atoms with van der Waals surface area (Å²) in [7, 11) is -2.71. The fourth-order valence-corrected chi connectivity index (χ4v) is 4.86. The number of benzene rings is 1. The molecule has 0 atom stereocenters. The van der Waals surface area contributed by atoms with Gasteiger partial charge in [-0.3, -0.25) is 5.10 Å². The number of sulfonamides is 1. The highest BCUT2D eigenvalue weighted by Gasteiger charge is 2.35. The van der Waals surface area contributed by atoms with Crippen molar-refractivity contribution >= 4 is 33.3 Å². The molecule has 0 bridgehead atoms. The number of carbonyl (C=O) groups is 1. The van der Waals surface area contributed by atoms with E-state index in [-0.39, 0.29) is 23.7 Å². The number of aromatic amines is 1. The molecule has 1 aliphatic heterocycles. The van der Waals surface area contributed by atoms with Gasteiger partial charge in [-0.1, -0.05) is 17.7 Å². The Kier molecular flexibility index (Phi) is 5.45. The first-order valence-electron chi connectivity index (χ1n) is 8.40. The first-order chi connectivity index (χ1) is 12.8. The fourth-order valence-electron chi connectivity index (χ4n) is 3.15. The van der Waals surface area contributed by atoms with Gasteiger partial charge < -0.3 is 9.64 Å². The number of hydrogen-bond acceptors (Lipinski definition) is 6. The normalized spacial score (nSPS) is 15.8. The lowest BCUT2D eigenvalue weighted by atomic mass is 10.1. The summed E-state index contributed by atoms with van der Waals surface area (Å²) >= 11 is 6.09. The minimum absolute atomic E-state index is 0.0504. The Labute approximate surface area is 163 Å². The van der Waals surface area contributed by atoms with Crippen molar-refractivity contribution in [3.8, 4) is 0 Å². The number of piperazine rings is 1. The second-order valence-electron chi connectivity index (χ2n) is 6.34. The lowest BCUT2D eigenvalue weighted by molar-refractivity contribution is 0.0595. The molecular formula is C17H21ClN4O4S. The largest absolute Gasteiger partial charge is 0.465 e. The molecule has 3 rings (SSSR count). The molecule has 1 aromatic heterocycles. The van der Waals surface area contributed by atoms with Crippen molar-refractivity contribution in [2.45, 2.75) is 18.9 Å². The number of aryl methyl sites for hydroxylation is 2. The molecule has 2 heterocycles. The van der Waals surface area contributed by atoms with E-state index in [0.717, 1.165) is 11.3 Å². The average Bonchev–Trinajstić information content (AvgIpc) is 3.05. The molecule has 1 aliphatic rings. The maximum Gasteiger partial charge on any atom is 0.342 e. The van der Waals surface area contributed by atoms with Crippen LogP contribution in [0.5, 0.6) is 0 Å². The van der Waals surface area contributed by atoms with Crippen LogP contribution in [0.4, 0.5) is 5.69 Å². The Hall–Kier alpha value is -2.10. The summed E-state index contributed by atoms with van der Waals surface area (Å²) in [6.45, 7) is 5.15. The number of rotatable bonds is 4. The van der Waals surface area contributed by atoms with Crippen LogP contribution in [0.2, 0.25) is 5.02 Å². The molecule has 0 spiro atoms. The monoisotopic (exact) mass is 412 g/mol. The number of aromatic nitrogens is 2. The van der Waals surface area contributed by atoms with Crippen molar-refractivity contribution in [3.05, 3.63) is 40.0 Å². The van der Waals surface area contributed by atoms with E-state index in [9.17, 15) is 13.2 Å². The molecule has 0 saturated carbocycles. The average molecular weight is 413 g/mol. The van der Waals surface area contributed by atoms with Crippen molar-refractivity contribution in [1.82, 2.24) is 14.5 Å². The Bertz CT molecular complexity index is 965. The maximum atomic E-state index is 13.0. The standard InChI is InChI=1S/C17H21ClN4O4S/c1-11-4-5-13(18)10-14(11)21-6-8-22(9-7-21)27(24,25)16-15(17(23)26-3)12(2)19-20-16/h4-5,10H,6-9H2,1-3H3,(H,19,20). The third kappa shape index (κ3) is 3.67. The molecule has 27 heavy (non-hydrogen) atoms. The van der Waals surface area contributed by atoms with E-state index in [1.54, 1.807) is 6.92 Å². The molecule has 8 nitrogen and oxygen atoms in total. The molecule has 0 amide bonds. The minimum atomic E-state index is -3.91. The van der Waals surface area contributed by atoms with Crippen LogP contribution >= 0.6 is 11.6 Å². The Morgan fingerprint density at radius 2 is 1.89 bits per heavy atom. The number of H-pyrrole nitrogens is 1. The van der Waals surface area contributed by atoms with Gasteiger partial charge in [0.05, 0.1) is 7.11 Å². The highest BCUT2D eigenvalue weighted by atomic mass is 35.5. The van der Waals surface area contributed by atoms with Crippen molar-refractivity contribution in [2.75, 3.05) is 38.2 Å². The second-order valence-corrected chi connectivity index (χ2v) is 8.63. The zero-order valence-electron chi connectivity index (χ0n) is 15.3. The molecule has 146 valence electrons. The van der Waals surface area contributed by atoms with Crippen molar-refractivity contribution in [2.24, 2.45) is 0 Å². The van der Waals surface area contributed by atoms with Gasteiger partial charge in [0.15, 0.2) is 0 Å². The van der Waals surface area contributed by atoms with Crippen LogP contribution in [0.15, 0.2) is 23.2 Å². The molecule has 1 aromatic carbocycles. The predicted molar refractivity (Wildman–Crippen MR) is 102 cm³/mol. The maximum absolute atomic E-state index is 13.0. The van der Waals surface area contributed by atoms with Crippen LogP contribution in [0.3, 0.4) is 0 Å². The molecule has 10 heteroatoms. The van der Waals surface area contributed by atoms with Crippen LogP contribution in [0.1, 0.15) is 21.6 Å². The summed E-state index contributed by atoms with van der Waals surface area (Å²) in [6, 6.07) is 5.65. The van der Waals surface area contributed by atoms with E-state index >= 15 is 0 Å². The molecule has 1 saturated heterocycles. The van der Waals surface area contributed by atoms with Gasteiger partial charge in [-0.2, -0.15) is 9.40 Å². The number of methoxy groups -OCH3 is 1. The van der Waals surface area contributed by atoms with Gasteiger partial charge in [-0.05, 0) is 31.5 Å². The number of halogens is 1. The summed E-state index contributed by atoms with van der Waals surface area (Å²) < 4.78 is 32.0. The van der Waals surface area contributed by atoms with Gasteiger partial charge in [-0.15, -0.1) is 0 Å². The van der Waals surface area contributed by atoms with Crippen LogP contribution in [-0.4, -0.2) is 62.2 Å². The van der Waals surface area contributed by atoms with Gasteiger partial charge in [-0.25, -0.2) is 13.2 Å². The minimum Gasteiger partial charge on any atom is -0.465 e. The second kappa shape index (κ2) is 7.49. The third-order valence-corrected chi connectivity index (χ3v) is 6.70. The SMILES string of the molecule is COC(=O)c1c(S(=O)(=O)N2CCN(c3cc(Cl)ccc3C)CC2)n[nH]c1C. The predicted octanol–water partition coefficient (Wildman–Crippen LogP) is 1.98. The van der Waals surface area contributed by atoms with Crippen molar-refractivity contribution in [3.63, 3.8) is 0 Å². The number of nitrogens with one attached hydrogen (secondary N) is 1. The van der Waals surface area contributed by atoms with Crippen molar-refractivity contribution < 1.29 is 17.9 Å². The van der Waals surface area contributed by atoms with E-state index in [1.165, 1.54) is 11.4 Å². The first-order valence-corrected chi connectivity index (χ1v) is 10.2. The topological polar surface area (TPSA) is 95.6 Å². The molecule has 0 radical (unpaired) electrons. The Morgan fingerprint density at radius 3 is 2.52 bits per heavy atom. The van der Waals surface area contributed by atoms with Gasteiger partial charge in [0.2, 0.25) is 5.03 Å². The van der Waals surface area contributed by atoms with Gasteiger partial charge in [0.25, 0.3) is 10.0 Å². The smallest absolute Gasteiger partial charge is 0.342 e. The zero-order valence-corrected chi connectivity index (χ0v) is 16.9. The Balaban J connectivity index is 1.82. The van der Waals surface area contributed by atoms with Crippen LogP contribution < -0.4 is 4.90 Å². The number of ether oxygens (including phenoxy) is 1. The van der Waals surface area contributed by atoms with E-state index in [4.69, 9.17) is 16.3 Å². The molecule has 1 N–H and O–H groups in total. The molecule has 0 unspecified atom stereocenters. The molecule has 2 aromatic rings. The van der Waals surface area contributed by atoms with E-state index in [2.05, 4.69) is 15.1 Å². The van der Waals surface area contributed by atoms with Crippen LogP contribution in [0, 0.1) is 13.8 Å². The van der Waals surface area contributed by atoms with Crippen molar-refractivity contribution in [1.29, 1.82) is 0 Å². The number of hydrogen-bond donors (Lipinski definition) is 1. The highest BCUT2D eigenvalue weighted by Crippen LogP contribution is 2.27. The van der Waals surface area contributed by atoms with E-state index in [1.807, 2.05) is 25.1 Å². The van der Waals surface area contributed by atoms with Gasteiger partial charge >= 0.3 is 5.97 Å². The number of nitrogens with zero attached hydrogens (tertiary/aromatic N) is 3. The lowest BCUT2D eigenvalue weighted by Crippen LogP contribution is -2.49. The van der Waals surface area contributed by atoms with E-state index in [0.29, 0.717) is 23.8 Å². The summed E-state index contributed by atoms with van der Waals surface area (Å²) in [6.07, 6.45) is 0. The lowest BCUT2D eigenvalue weighted by Gasteiger charge is -2.35. The third-order valence-electron chi connectivity index (χ3n) is 4.64. The first kappa shape index (κ1) is 19.7. The molecular weight excluding hydrogens is 392 g/mol. The van der Waals surface area contributed by atoms with Crippen LogP contribution in [0.25, 0.3) is 0 Å². The van der Waals surface area contributed by atoms with Gasteiger partial charge in [0.1, 0.15) is 5.56 Å². The van der Waals surface area contributed by atoms with Crippen LogP contribution in [-0.2, 0) is 14.8 Å². The summed E-state index contributed by atoms with van der Waals surface area (Å²) in [5.41, 5.74) is 2.37. The van der Waals surface area contributed by atoms with E-state index < -0.39 is 16.0 Å². The molecule has 1 fully saturated rings. The quantitative estimate of drug-likeness (QED) is 0.771. The zero-order chi connectivity index (χ0) is 19.8. The Morgan fingerprint density at radius 1 is 1.22 bits per heavy atom. The van der Waals surface area contributed by atoms with Gasteiger partial charge in [0, 0.05) is 42.6 Å².